The molecule has 0 bridgehead atoms. The summed E-state index contributed by atoms with van der Waals surface area (Å²) in [6, 6.07) is 15.9. The van der Waals surface area contributed by atoms with Gasteiger partial charge in [-0.2, -0.15) is 0 Å². The van der Waals surface area contributed by atoms with Gasteiger partial charge in [-0.3, -0.25) is 10.1 Å². The van der Waals surface area contributed by atoms with E-state index < -0.39 is 10.9 Å². The van der Waals surface area contributed by atoms with Gasteiger partial charge in [-0.25, -0.2) is 14.8 Å². The predicted molar refractivity (Wildman–Crippen MR) is 104 cm³/mol. The average molecular weight is 379 g/mol. The Hall–Kier alpha value is -4.01. The third kappa shape index (κ3) is 4.21. The zero-order chi connectivity index (χ0) is 19.9. The van der Waals surface area contributed by atoms with Crippen LogP contribution in [0.15, 0.2) is 60.9 Å². The van der Waals surface area contributed by atoms with Gasteiger partial charge in [-0.1, -0.05) is 42.5 Å². The van der Waals surface area contributed by atoms with Gasteiger partial charge in [0.2, 0.25) is 11.6 Å². The van der Waals surface area contributed by atoms with E-state index in [4.69, 9.17) is 4.74 Å². The van der Waals surface area contributed by atoms with Crippen molar-refractivity contribution < 1.29 is 14.5 Å². The molecule has 0 unspecified atom stereocenters. The Kier molecular flexibility index (Phi) is 5.75. The van der Waals surface area contributed by atoms with Gasteiger partial charge in [0.15, 0.2) is 0 Å². The van der Waals surface area contributed by atoms with Crippen LogP contribution in [0.4, 0.5) is 23.0 Å². The Morgan fingerprint density at radius 2 is 1.75 bits per heavy atom. The highest BCUT2D eigenvalue weighted by atomic mass is 16.6. The summed E-state index contributed by atoms with van der Waals surface area (Å²) in [6.45, 7) is 0.358. The Bertz CT molecular complexity index is 995. The molecule has 2 N–H and O–H groups in total. The number of hydrogen-bond donors (Lipinski definition) is 2. The maximum atomic E-state index is 11.9. The molecule has 3 rings (SSSR count). The second kappa shape index (κ2) is 8.58. The summed E-state index contributed by atoms with van der Waals surface area (Å²) in [6.07, 6.45) is 1.21. The first-order chi connectivity index (χ1) is 13.6. The van der Waals surface area contributed by atoms with E-state index >= 15 is 0 Å². The smallest absolute Gasteiger partial charge is 0.353 e. The van der Waals surface area contributed by atoms with Crippen molar-refractivity contribution in [3.63, 3.8) is 0 Å². The molecule has 0 aliphatic heterocycles. The maximum absolute atomic E-state index is 11.9. The number of nitrogens with one attached hydrogen (secondary N) is 2. The van der Waals surface area contributed by atoms with Gasteiger partial charge in [0, 0.05) is 6.54 Å². The molecule has 2 aromatic carbocycles. The lowest BCUT2D eigenvalue weighted by Gasteiger charge is -2.12. The molecule has 0 saturated heterocycles. The molecule has 28 heavy (non-hydrogen) atoms. The largest absolute Gasteiger partial charge is 0.465 e. The van der Waals surface area contributed by atoms with E-state index in [0.29, 0.717) is 12.2 Å². The van der Waals surface area contributed by atoms with Gasteiger partial charge in [-0.05, 0) is 17.7 Å². The molecule has 0 fully saturated rings. The summed E-state index contributed by atoms with van der Waals surface area (Å²) >= 11 is 0. The monoisotopic (exact) mass is 379 g/mol. The van der Waals surface area contributed by atoms with Crippen LogP contribution >= 0.6 is 0 Å². The normalized spacial score (nSPS) is 10.2. The van der Waals surface area contributed by atoms with Crippen molar-refractivity contribution in [2.24, 2.45) is 0 Å². The Labute approximate surface area is 160 Å². The van der Waals surface area contributed by atoms with E-state index in [1.54, 1.807) is 24.3 Å². The molecular formula is C19H17N5O4. The minimum absolute atomic E-state index is 0.0353. The Morgan fingerprint density at radius 1 is 1.07 bits per heavy atom. The summed E-state index contributed by atoms with van der Waals surface area (Å²) in [5, 5.41) is 17.5. The number of rotatable bonds is 7. The van der Waals surface area contributed by atoms with Crippen LogP contribution in [0.1, 0.15) is 15.9 Å². The van der Waals surface area contributed by atoms with Crippen molar-refractivity contribution in [1.82, 2.24) is 9.97 Å². The molecule has 3 aromatic rings. The molecule has 9 nitrogen and oxygen atoms in total. The Morgan fingerprint density at radius 3 is 2.46 bits per heavy atom. The van der Waals surface area contributed by atoms with Crippen LogP contribution in [0.5, 0.6) is 0 Å². The minimum Gasteiger partial charge on any atom is -0.465 e. The highest BCUT2D eigenvalue weighted by Crippen LogP contribution is 2.32. The fourth-order valence-corrected chi connectivity index (χ4v) is 2.56. The molecule has 1 aromatic heterocycles. The second-order valence-corrected chi connectivity index (χ2v) is 5.68. The fraction of sp³-hybridized carbons (Fsp3) is 0.105. The van der Waals surface area contributed by atoms with Crippen molar-refractivity contribution in [2.45, 2.75) is 6.54 Å². The number of nitrogens with zero attached hydrogens (tertiary/aromatic N) is 3. The SMILES string of the molecule is COC(=O)c1ccccc1Nc1ncnc(NCc2ccccc2)c1[N+](=O)[O-]. The first-order valence-corrected chi connectivity index (χ1v) is 8.31. The highest BCUT2D eigenvalue weighted by Gasteiger charge is 2.24. The van der Waals surface area contributed by atoms with Crippen LogP contribution < -0.4 is 10.6 Å². The van der Waals surface area contributed by atoms with Crippen LogP contribution in [-0.4, -0.2) is 28.0 Å². The number of methoxy groups -OCH3 is 1. The van der Waals surface area contributed by atoms with E-state index in [0.717, 1.165) is 5.56 Å². The zero-order valence-electron chi connectivity index (χ0n) is 15.0. The first-order valence-electron chi connectivity index (χ1n) is 8.31. The topological polar surface area (TPSA) is 119 Å². The lowest BCUT2D eigenvalue weighted by atomic mass is 10.2. The molecule has 9 heteroatoms. The number of esters is 1. The lowest BCUT2D eigenvalue weighted by molar-refractivity contribution is -0.383. The van der Waals surface area contributed by atoms with Gasteiger partial charge in [0.05, 0.1) is 23.3 Å². The summed E-state index contributed by atoms with van der Waals surface area (Å²) in [4.78, 5) is 31.0. The summed E-state index contributed by atoms with van der Waals surface area (Å²) in [5.74, 6) is -0.531. The molecule has 0 saturated carbocycles. The van der Waals surface area contributed by atoms with E-state index in [2.05, 4.69) is 20.6 Å². The molecule has 1 heterocycles. The van der Waals surface area contributed by atoms with Crippen molar-refractivity contribution in [3.05, 3.63) is 82.2 Å². The number of carbonyl (C=O) groups excluding carboxylic acids is 1. The number of benzene rings is 2. The van der Waals surface area contributed by atoms with E-state index in [9.17, 15) is 14.9 Å². The second-order valence-electron chi connectivity index (χ2n) is 5.68. The third-order valence-corrected chi connectivity index (χ3v) is 3.89. The van der Waals surface area contributed by atoms with E-state index in [1.807, 2.05) is 30.3 Å². The van der Waals surface area contributed by atoms with Gasteiger partial charge in [-0.15, -0.1) is 0 Å². The lowest BCUT2D eigenvalue weighted by Crippen LogP contribution is -2.10. The molecule has 0 aliphatic rings. The number of aromatic nitrogens is 2. The summed E-state index contributed by atoms with van der Waals surface area (Å²) < 4.78 is 4.75. The predicted octanol–water partition coefficient (Wildman–Crippen LogP) is 3.53. The number of hydrogen-bond acceptors (Lipinski definition) is 8. The number of para-hydroxylation sites is 1. The van der Waals surface area contributed by atoms with Crippen LogP contribution in [0.3, 0.4) is 0 Å². The molecule has 0 amide bonds. The van der Waals surface area contributed by atoms with Gasteiger partial charge in [0.1, 0.15) is 6.33 Å². The summed E-state index contributed by atoms with van der Waals surface area (Å²) in [7, 11) is 1.26. The van der Waals surface area contributed by atoms with Crippen molar-refractivity contribution in [2.75, 3.05) is 17.7 Å². The van der Waals surface area contributed by atoms with E-state index in [1.165, 1.54) is 13.4 Å². The molecule has 142 valence electrons. The van der Waals surface area contributed by atoms with Crippen molar-refractivity contribution in [1.29, 1.82) is 0 Å². The number of nitro groups is 1. The molecule has 0 radical (unpaired) electrons. The quantitative estimate of drug-likeness (QED) is 0.363. The highest BCUT2D eigenvalue weighted by molar-refractivity contribution is 5.96. The average Bonchev–Trinajstić information content (AvgIpc) is 2.72. The van der Waals surface area contributed by atoms with Crippen LogP contribution in [0, 0.1) is 10.1 Å². The summed E-state index contributed by atoms with van der Waals surface area (Å²) in [5.41, 5.74) is 1.20. The first kappa shape index (κ1) is 18.8. The van der Waals surface area contributed by atoms with Crippen molar-refractivity contribution in [3.8, 4) is 0 Å². The van der Waals surface area contributed by atoms with Crippen LogP contribution in [0.25, 0.3) is 0 Å². The number of ether oxygens (including phenoxy) is 1. The van der Waals surface area contributed by atoms with Crippen LogP contribution in [-0.2, 0) is 11.3 Å². The van der Waals surface area contributed by atoms with Gasteiger partial charge >= 0.3 is 11.7 Å². The fourth-order valence-electron chi connectivity index (χ4n) is 2.56. The zero-order valence-corrected chi connectivity index (χ0v) is 15.0. The van der Waals surface area contributed by atoms with Crippen LogP contribution in [0.2, 0.25) is 0 Å². The molecule has 0 spiro atoms. The number of carbonyl (C=O) groups is 1. The third-order valence-electron chi connectivity index (χ3n) is 3.89. The minimum atomic E-state index is -0.573. The van der Waals surface area contributed by atoms with Crippen molar-refractivity contribution >= 4 is 29.0 Å². The van der Waals surface area contributed by atoms with E-state index in [-0.39, 0.29) is 22.9 Å². The standard InChI is InChI=1S/C19H17N5O4/c1-28-19(25)14-9-5-6-10-15(14)23-18-16(24(26)27)17(21-12-22-18)20-11-13-7-3-2-4-8-13/h2-10,12H,11H2,1H3,(H2,20,21,22,23). The maximum Gasteiger partial charge on any atom is 0.353 e. The number of anilines is 3. The Balaban J connectivity index is 1.92. The molecular weight excluding hydrogens is 362 g/mol. The van der Waals surface area contributed by atoms with Gasteiger partial charge in [0.25, 0.3) is 0 Å². The molecule has 0 aliphatic carbocycles. The molecule has 0 atom stereocenters. The van der Waals surface area contributed by atoms with Gasteiger partial charge < -0.3 is 15.4 Å².